The Balaban J connectivity index is 1.61. The first-order valence-electron chi connectivity index (χ1n) is 10.3. The SMILES string of the molecule is COc1ccc([C@@H]2S[C@@H](C)C(=O)N2CC2CCN(C(=O)NC(C)(C)C)CC2)cc1. The van der Waals surface area contributed by atoms with Crippen LogP contribution in [0, 0.1) is 5.92 Å². The van der Waals surface area contributed by atoms with E-state index in [0.717, 1.165) is 43.8 Å². The van der Waals surface area contributed by atoms with Gasteiger partial charge in [0, 0.05) is 25.2 Å². The van der Waals surface area contributed by atoms with Gasteiger partial charge in [-0.05, 0) is 64.2 Å². The fourth-order valence-electron chi connectivity index (χ4n) is 3.88. The number of hydrogen-bond donors (Lipinski definition) is 1. The highest BCUT2D eigenvalue weighted by molar-refractivity contribution is 8.01. The Bertz CT molecular complexity index is 724. The summed E-state index contributed by atoms with van der Waals surface area (Å²) in [5.41, 5.74) is 0.907. The van der Waals surface area contributed by atoms with E-state index in [1.165, 1.54) is 0 Å². The molecule has 29 heavy (non-hydrogen) atoms. The first-order valence-corrected chi connectivity index (χ1v) is 11.3. The van der Waals surface area contributed by atoms with E-state index in [-0.39, 0.29) is 28.1 Å². The predicted octanol–water partition coefficient (Wildman–Crippen LogP) is 3.88. The summed E-state index contributed by atoms with van der Waals surface area (Å²) in [5.74, 6) is 1.46. The number of methoxy groups -OCH3 is 1. The van der Waals surface area contributed by atoms with Crippen LogP contribution in [0.2, 0.25) is 0 Å². The molecule has 2 heterocycles. The number of likely N-dealkylation sites (tertiary alicyclic amines) is 1. The molecule has 2 aliphatic rings. The second-order valence-corrected chi connectivity index (χ2v) is 10.4. The van der Waals surface area contributed by atoms with Crippen molar-refractivity contribution in [1.29, 1.82) is 0 Å². The summed E-state index contributed by atoms with van der Waals surface area (Å²) in [6.07, 6.45) is 1.85. The van der Waals surface area contributed by atoms with Crippen LogP contribution in [0.5, 0.6) is 5.75 Å². The van der Waals surface area contributed by atoms with Crippen molar-refractivity contribution in [3.63, 3.8) is 0 Å². The zero-order chi connectivity index (χ0) is 21.2. The highest BCUT2D eigenvalue weighted by atomic mass is 32.2. The van der Waals surface area contributed by atoms with Crippen LogP contribution in [0.4, 0.5) is 4.79 Å². The Morgan fingerprint density at radius 3 is 2.38 bits per heavy atom. The van der Waals surface area contributed by atoms with Gasteiger partial charge in [-0.2, -0.15) is 0 Å². The summed E-state index contributed by atoms with van der Waals surface area (Å²) in [6, 6.07) is 8.01. The fourth-order valence-corrected chi connectivity index (χ4v) is 5.17. The number of amides is 3. The van der Waals surface area contributed by atoms with E-state index in [9.17, 15) is 9.59 Å². The van der Waals surface area contributed by atoms with Gasteiger partial charge in [-0.3, -0.25) is 4.79 Å². The third-order valence-electron chi connectivity index (χ3n) is 5.49. The Morgan fingerprint density at radius 1 is 1.21 bits per heavy atom. The molecule has 160 valence electrons. The Labute approximate surface area is 178 Å². The van der Waals surface area contributed by atoms with Gasteiger partial charge in [0.05, 0.1) is 12.4 Å². The number of urea groups is 1. The number of ether oxygens (including phenoxy) is 1. The number of carbonyl (C=O) groups excluding carboxylic acids is 2. The number of nitrogens with one attached hydrogen (secondary N) is 1. The maximum atomic E-state index is 12.8. The molecule has 2 atom stereocenters. The quantitative estimate of drug-likeness (QED) is 0.805. The topological polar surface area (TPSA) is 61.9 Å². The van der Waals surface area contributed by atoms with Crippen molar-refractivity contribution in [3.05, 3.63) is 29.8 Å². The molecule has 3 amide bonds. The minimum atomic E-state index is -0.227. The summed E-state index contributed by atoms with van der Waals surface area (Å²) in [5, 5.41) is 3.06. The highest BCUT2D eigenvalue weighted by Gasteiger charge is 2.40. The molecular weight excluding hydrogens is 386 g/mol. The van der Waals surface area contributed by atoms with Crippen molar-refractivity contribution in [2.45, 2.75) is 56.7 Å². The Hall–Kier alpha value is -1.89. The van der Waals surface area contributed by atoms with Crippen molar-refractivity contribution < 1.29 is 14.3 Å². The predicted molar refractivity (Wildman–Crippen MR) is 117 cm³/mol. The zero-order valence-electron chi connectivity index (χ0n) is 18.1. The van der Waals surface area contributed by atoms with Crippen molar-refractivity contribution >= 4 is 23.7 Å². The molecule has 0 unspecified atom stereocenters. The molecule has 7 heteroatoms. The van der Waals surface area contributed by atoms with E-state index in [0.29, 0.717) is 5.92 Å². The summed E-state index contributed by atoms with van der Waals surface area (Å²) in [4.78, 5) is 29.1. The van der Waals surface area contributed by atoms with Gasteiger partial charge in [0.25, 0.3) is 0 Å². The van der Waals surface area contributed by atoms with Crippen LogP contribution in [0.25, 0.3) is 0 Å². The van der Waals surface area contributed by atoms with Gasteiger partial charge in [0.15, 0.2) is 0 Å². The molecule has 2 saturated heterocycles. The fraction of sp³-hybridized carbons (Fsp3) is 0.636. The van der Waals surface area contributed by atoms with Crippen LogP contribution >= 0.6 is 11.8 Å². The molecule has 0 aliphatic carbocycles. The van der Waals surface area contributed by atoms with E-state index in [1.807, 2.05) is 61.8 Å². The lowest BCUT2D eigenvalue weighted by molar-refractivity contribution is -0.130. The molecule has 0 radical (unpaired) electrons. The van der Waals surface area contributed by atoms with Crippen molar-refractivity contribution in [1.82, 2.24) is 15.1 Å². The maximum Gasteiger partial charge on any atom is 0.317 e. The lowest BCUT2D eigenvalue weighted by atomic mass is 9.96. The molecule has 2 aliphatic heterocycles. The molecule has 1 aromatic carbocycles. The van der Waals surface area contributed by atoms with Gasteiger partial charge in [0.1, 0.15) is 11.1 Å². The second kappa shape index (κ2) is 8.86. The van der Waals surface area contributed by atoms with Gasteiger partial charge in [-0.1, -0.05) is 12.1 Å². The van der Waals surface area contributed by atoms with Crippen LogP contribution < -0.4 is 10.1 Å². The average Bonchev–Trinajstić information content (AvgIpc) is 2.95. The number of rotatable bonds is 4. The van der Waals surface area contributed by atoms with E-state index in [1.54, 1.807) is 18.9 Å². The molecule has 2 fully saturated rings. The van der Waals surface area contributed by atoms with Crippen LogP contribution in [0.1, 0.15) is 51.5 Å². The summed E-state index contributed by atoms with van der Waals surface area (Å²) in [7, 11) is 1.66. The number of carbonyl (C=O) groups is 2. The number of nitrogens with zero attached hydrogens (tertiary/aromatic N) is 2. The van der Waals surface area contributed by atoms with Crippen LogP contribution in [-0.4, -0.2) is 59.3 Å². The third-order valence-corrected chi connectivity index (χ3v) is 6.88. The lowest BCUT2D eigenvalue weighted by Crippen LogP contribution is -2.51. The van der Waals surface area contributed by atoms with Gasteiger partial charge in [0.2, 0.25) is 5.91 Å². The van der Waals surface area contributed by atoms with Crippen LogP contribution in [0.15, 0.2) is 24.3 Å². The smallest absolute Gasteiger partial charge is 0.317 e. The lowest BCUT2D eigenvalue weighted by Gasteiger charge is -2.36. The number of hydrogen-bond acceptors (Lipinski definition) is 4. The molecule has 0 aromatic heterocycles. The molecule has 0 saturated carbocycles. The second-order valence-electron chi connectivity index (χ2n) is 9.01. The number of thioether (sulfide) groups is 1. The van der Waals surface area contributed by atoms with E-state index in [2.05, 4.69) is 5.32 Å². The van der Waals surface area contributed by atoms with Crippen molar-refractivity contribution in [2.75, 3.05) is 26.7 Å². The normalized spacial score (nSPS) is 23.4. The van der Waals surface area contributed by atoms with Crippen molar-refractivity contribution in [3.8, 4) is 5.75 Å². The first kappa shape index (κ1) is 21.8. The maximum absolute atomic E-state index is 12.8. The van der Waals surface area contributed by atoms with E-state index >= 15 is 0 Å². The third kappa shape index (κ3) is 5.38. The van der Waals surface area contributed by atoms with E-state index < -0.39 is 0 Å². The molecule has 1 N–H and O–H groups in total. The monoisotopic (exact) mass is 419 g/mol. The minimum Gasteiger partial charge on any atom is -0.497 e. The average molecular weight is 420 g/mol. The molecule has 0 bridgehead atoms. The summed E-state index contributed by atoms with van der Waals surface area (Å²) in [6.45, 7) is 10.2. The standard InChI is InChI=1S/C22H33N3O3S/c1-15-19(26)25(20(29-15)17-6-8-18(28-5)9-7-17)14-16-10-12-24(13-11-16)21(27)23-22(2,3)4/h6-9,15-16,20H,10-14H2,1-5H3,(H,23,27)/t15-,20-/m0/s1. The Kier molecular flexibility index (Phi) is 6.66. The van der Waals surface area contributed by atoms with E-state index in [4.69, 9.17) is 4.74 Å². The molecular formula is C22H33N3O3S. The van der Waals surface area contributed by atoms with Crippen molar-refractivity contribution in [2.24, 2.45) is 5.92 Å². The first-order chi connectivity index (χ1) is 13.7. The van der Waals surface area contributed by atoms with Gasteiger partial charge in [-0.15, -0.1) is 11.8 Å². The largest absolute Gasteiger partial charge is 0.497 e. The summed E-state index contributed by atoms with van der Waals surface area (Å²) < 4.78 is 5.26. The minimum absolute atomic E-state index is 0.00786. The number of piperidine rings is 1. The van der Waals surface area contributed by atoms with Crippen LogP contribution in [0.3, 0.4) is 0 Å². The van der Waals surface area contributed by atoms with Crippen LogP contribution in [-0.2, 0) is 4.79 Å². The van der Waals surface area contributed by atoms with Gasteiger partial charge < -0.3 is 19.9 Å². The highest BCUT2D eigenvalue weighted by Crippen LogP contribution is 2.44. The summed E-state index contributed by atoms with van der Waals surface area (Å²) >= 11 is 1.71. The Morgan fingerprint density at radius 2 is 1.83 bits per heavy atom. The molecule has 1 aromatic rings. The zero-order valence-corrected chi connectivity index (χ0v) is 18.9. The molecule has 3 rings (SSSR count). The van der Waals surface area contributed by atoms with Gasteiger partial charge in [-0.25, -0.2) is 4.79 Å². The number of benzene rings is 1. The van der Waals surface area contributed by atoms with Gasteiger partial charge >= 0.3 is 6.03 Å². The molecule has 0 spiro atoms. The molecule has 6 nitrogen and oxygen atoms in total.